The maximum absolute atomic E-state index is 13.8. The van der Waals surface area contributed by atoms with Gasteiger partial charge in [-0.3, -0.25) is 29.0 Å². The molecule has 1 saturated heterocycles. The van der Waals surface area contributed by atoms with E-state index in [1.165, 1.54) is 4.90 Å². The minimum Gasteiger partial charge on any atom is -0.414 e. The predicted octanol–water partition coefficient (Wildman–Crippen LogP) is 5.37. The molecule has 13 nitrogen and oxygen atoms in total. The van der Waals surface area contributed by atoms with Crippen molar-refractivity contribution in [1.82, 2.24) is 36.0 Å². The van der Waals surface area contributed by atoms with Crippen LogP contribution < -0.4 is 16.0 Å². The molecule has 3 heterocycles. The van der Waals surface area contributed by atoms with Gasteiger partial charge >= 0.3 is 6.18 Å². The largest absolute Gasteiger partial charge is 0.416 e. The van der Waals surface area contributed by atoms with Crippen molar-refractivity contribution in [1.29, 1.82) is 0 Å². The van der Waals surface area contributed by atoms with Crippen LogP contribution in [0, 0.1) is 11.8 Å². The molecule has 3 aromatic rings. The molecule has 292 valence electrons. The summed E-state index contributed by atoms with van der Waals surface area (Å²) < 4.78 is 44.4. The molecule has 3 atom stereocenters. The predicted molar refractivity (Wildman–Crippen MR) is 192 cm³/mol. The number of pyridine rings is 1. The van der Waals surface area contributed by atoms with Crippen LogP contribution in [-0.4, -0.2) is 79.7 Å². The van der Waals surface area contributed by atoms with Crippen LogP contribution in [0.4, 0.5) is 13.2 Å². The number of alkyl halides is 3. The topological polar surface area (TPSA) is 176 Å². The summed E-state index contributed by atoms with van der Waals surface area (Å²) in [5, 5.41) is 16.2. The average molecular weight is 756 g/mol. The van der Waals surface area contributed by atoms with Crippen molar-refractivity contribution in [3.63, 3.8) is 0 Å². The van der Waals surface area contributed by atoms with E-state index >= 15 is 0 Å². The molecule has 1 aliphatic rings. The molecule has 0 saturated carbocycles. The number of halogens is 3. The molecule has 16 heteroatoms. The van der Waals surface area contributed by atoms with E-state index < -0.39 is 64.8 Å². The number of hydrogen-bond acceptors (Lipinski definition) is 9. The van der Waals surface area contributed by atoms with E-state index in [1.54, 1.807) is 52.1 Å². The van der Waals surface area contributed by atoms with Crippen LogP contribution in [0.3, 0.4) is 0 Å². The Morgan fingerprint density at radius 1 is 0.907 bits per heavy atom. The fourth-order valence-corrected chi connectivity index (χ4v) is 6.18. The number of carbonyl (C=O) groups excluding carboxylic acids is 5. The molecule has 54 heavy (non-hydrogen) atoms. The van der Waals surface area contributed by atoms with E-state index in [1.807, 2.05) is 13.8 Å². The molecule has 2 unspecified atom stereocenters. The Bertz CT molecular complexity index is 1780. The van der Waals surface area contributed by atoms with Crippen molar-refractivity contribution >= 4 is 29.4 Å². The number of nitrogens with zero attached hydrogens (tertiary/aromatic N) is 4. The van der Waals surface area contributed by atoms with Crippen LogP contribution >= 0.6 is 0 Å². The van der Waals surface area contributed by atoms with Crippen LogP contribution in [0.15, 0.2) is 53.1 Å². The SMILES string of the molecule is CC(C)C(NC(=O)[C@@H]1CCCN1C(=O)C(NC(=O)CCCCC(C)(C)NC(=O)c1ccccn1)C(C)C)C(=O)c1nnc(-c2ccc(C(F)(F)F)cc2)o1. The number of amides is 4. The van der Waals surface area contributed by atoms with E-state index in [9.17, 15) is 37.1 Å². The number of hydrogen-bond donors (Lipinski definition) is 3. The van der Waals surface area contributed by atoms with E-state index in [0.29, 0.717) is 37.8 Å². The number of rotatable bonds is 16. The van der Waals surface area contributed by atoms with Gasteiger partial charge in [0.15, 0.2) is 0 Å². The van der Waals surface area contributed by atoms with E-state index in [2.05, 4.69) is 31.1 Å². The molecule has 1 fully saturated rings. The first-order chi connectivity index (χ1) is 25.4. The number of ketones is 1. The second-order valence-corrected chi connectivity index (χ2v) is 14.8. The fourth-order valence-electron chi connectivity index (χ4n) is 6.18. The summed E-state index contributed by atoms with van der Waals surface area (Å²) in [6.45, 7) is 11.1. The minimum absolute atomic E-state index is 0.163. The van der Waals surface area contributed by atoms with Gasteiger partial charge in [0.25, 0.3) is 11.8 Å². The number of benzene rings is 1. The molecular weight excluding hydrogens is 707 g/mol. The number of Topliss-reactive ketones (excluding diaryl/α,β-unsaturated/α-hetero) is 1. The first kappa shape index (κ1) is 41.6. The Morgan fingerprint density at radius 2 is 1.59 bits per heavy atom. The highest BCUT2D eigenvalue weighted by Crippen LogP contribution is 2.31. The fraction of sp³-hybridized carbons (Fsp3) is 0.526. The summed E-state index contributed by atoms with van der Waals surface area (Å²) in [4.78, 5) is 72.0. The van der Waals surface area contributed by atoms with Crippen LogP contribution in [0.2, 0.25) is 0 Å². The number of likely N-dealkylation sites (tertiary alicyclic amines) is 1. The van der Waals surface area contributed by atoms with Gasteiger partial charge in [-0.2, -0.15) is 13.2 Å². The minimum atomic E-state index is -4.52. The second-order valence-electron chi connectivity index (χ2n) is 14.8. The maximum Gasteiger partial charge on any atom is 0.416 e. The summed E-state index contributed by atoms with van der Waals surface area (Å²) in [5.74, 6) is -3.54. The van der Waals surface area contributed by atoms with Crippen molar-refractivity contribution in [3.05, 3.63) is 65.8 Å². The Labute approximate surface area is 312 Å². The standard InChI is InChI=1S/C38H48F3N7O6/c1-22(2)29(31(50)35-47-46-34(54-35)24-15-17-25(18-16-24)38(39,40)41)44-33(52)27-13-11-21-48(27)36(53)30(23(3)4)43-28(49)14-7-9-19-37(5,6)45-32(51)26-12-8-10-20-42-26/h8,10,12,15-18,20,22-23,27,29-30H,7,9,11,13-14,19,21H2,1-6H3,(H,43,49)(H,44,52)(H,45,51)/t27-,29?,30?/m0/s1. The smallest absolute Gasteiger partial charge is 0.414 e. The Hall–Kier alpha value is -5.15. The Morgan fingerprint density at radius 3 is 2.20 bits per heavy atom. The highest BCUT2D eigenvalue weighted by Gasteiger charge is 2.41. The summed E-state index contributed by atoms with van der Waals surface area (Å²) in [7, 11) is 0. The van der Waals surface area contributed by atoms with Gasteiger partial charge in [-0.05, 0) is 87.8 Å². The van der Waals surface area contributed by atoms with E-state index in [0.717, 1.165) is 24.3 Å². The molecule has 0 aliphatic carbocycles. The molecule has 3 N–H and O–H groups in total. The number of carbonyl (C=O) groups is 5. The Balaban J connectivity index is 1.32. The molecule has 0 spiro atoms. The van der Waals surface area contributed by atoms with Gasteiger partial charge in [0, 0.05) is 30.3 Å². The van der Waals surface area contributed by atoms with Crippen molar-refractivity contribution in [2.45, 2.75) is 110 Å². The molecule has 4 amide bonds. The van der Waals surface area contributed by atoms with Crippen molar-refractivity contribution in [3.8, 4) is 11.5 Å². The van der Waals surface area contributed by atoms with Gasteiger partial charge in [0.2, 0.25) is 29.4 Å². The summed E-state index contributed by atoms with van der Waals surface area (Å²) in [5.41, 5.74) is -0.892. The molecule has 0 radical (unpaired) electrons. The third kappa shape index (κ3) is 10.9. The third-order valence-corrected chi connectivity index (χ3v) is 9.23. The zero-order valence-electron chi connectivity index (χ0n) is 31.3. The summed E-state index contributed by atoms with van der Waals surface area (Å²) in [6.07, 6.45) is -0.138. The maximum atomic E-state index is 13.8. The number of unbranched alkanes of at least 4 members (excludes halogenated alkanes) is 1. The summed E-state index contributed by atoms with van der Waals surface area (Å²) >= 11 is 0. The van der Waals surface area contributed by atoms with Crippen LogP contribution in [-0.2, 0) is 20.6 Å². The molecule has 2 aromatic heterocycles. The highest BCUT2D eigenvalue weighted by atomic mass is 19.4. The number of aromatic nitrogens is 3. The van der Waals surface area contributed by atoms with Crippen molar-refractivity contribution < 1.29 is 41.6 Å². The lowest BCUT2D eigenvalue weighted by molar-refractivity contribution is -0.142. The third-order valence-electron chi connectivity index (χ3n) is 9.23. The molecular formula is C38H48F3N7O6. The monoisotopic (exact) mass is 755 g/mol. The lowest BCUT2D eigenvalue weighted by Gasteiger charge is -2.31. The summed E-state index contributed by atoms with van der Waals surface area (Å²) in [6, 6.07) is 6.25. The number of nitrogens with one attached hydrogen (secondary N) is 3. The lowest BCUT2D eigenvalue weighted by atomic mass is 9.96. The van der Waals surface area contributed by atoms with Crippen molar-refractivity contribution in [2.24, 2.45) is 11.8 Å². The first-order valence-corrected chi connectivity index (χ1v) is 18.1. The second kappa shape index (κ2) is 17.8. The van der Waals surface area contributed by atoms with Gasteiger partial charge in [-0.15, -0.1) is 10.2 Å². The lowest BCUT2D eigenvalue weighted by Crippen LogP contribution is -2.57. The zero-order valence-corrected chi connectivity index (χ0v) is 31.3. The van der Waals surface area contributed by atoms with Crippen molar-refractivity contribution in [2.75, 3.05) is 6.54 Å². The molecule has 1 aliphatic heterocycles. The van der Waals surface area contributed by atoms with Gasteiger partial charge < -0.3 is 25.3 Å². The van der Waals surface area contributed by atoms with Gasteiger partial charge in [-0.25, -0.2) is 0 Å². The average Bonchev–Trinajstić information content (AvgIpc) is 3.82. The van der Waals surface area contributed by atoms with Gasteiger partial charge in [0.05, 0.1) is 11.6 Å². The molecule has 1 aromatic carbocycles. The van der Waals surface area contributed by atoms with Crippen LogP contribution in [0.25, 0.3) is 11.5 Å². The Kier molecular flexibility index (Phi) is 13.7. The first-order valence-electron chi connectivity index (χ1n) is 18.1. The normalized spacial score (nSPS) is 15.9. The van der Waals surface area contributed by atoms with Crippen LogP contribution in [0.5, 0.6) is 0 Å². The molecule has 4 rings (SSSR count). The quantitative estimate of drug-likeness (QED) is 0.128. The zero-order chi connectivity index (χ0) is 39.8. The van der Waals surface area contributed by atoms with Crippen LogP contribution in [0.1, 0.15) is 107 Å². The van der Waals surface area contributed by atoms with Gasteiger partial charge in [0.1, 0.15) is 17.8 Å². The van der Waals surface area contributed by atoms with E-state index in [4.69, 9.17) is 4.42 Å². The van der Waals surface area contributed by atoms with E-state index in [-0.39, 0.29) is 42.2 Å². The van der Waals surface area contributed by atoms with Gasteiger partial charge in [-0.1, -0.05) is 40.2 Å². The molecule has 0 bridgehead atoms. The highest BCUT2D eigenvalue weighted by molar-refractivity contribution is 6.00.